The number of aryl methyl sites for hydroxylation is 1. The molecule has 0 saturated carbocycles. The molecule has 0 radical (unpaired) electrons. The Morgan fingerprint density at radius 1 is 0.913 bits per heavy atom. The molecule has 3 rings (SSSR count). The third kappa shape index (κ3) is 2.40. The van der Waals surface area contributed by atoms with Crippen molar-refractivity contribution in [3.05, 3.63) is 59.2 Å². The second-order valence-electron chi connectivity index (χ2n) is 5.66. The zero-order chi connectivity index (χ0) is 16.6. The van der Waals surface area contributed by atoms with Gasteiger partial charge < -0.3 is 4.90 Å². The van der Waals surface area contributed by atoms with Gasteiger partial charge in [-0.3, -0.25) is 9.59 Å². The Bertz CT molecular complexity index is 744. The number of fused-ring (bicyclic) bond motifs is 1. The van der Waals surface area contributed by atoms with E-state index in [9.17, 15) is 9.59 Å². The third-order valence-corrected chi connectivity index (χ3v) is 4.27. The molecule has 1 aliphatic rings. The van der Waals surface area contributed by atoms with Crippen LogP contribution in [0.3, 0.4) is 0 Å². The number of carbonyl (C=O) groups is 2. The van der Waals surface area contributed by atoms with E-state index in [1.165, 1.54) is 4.90 Å². The fourth-order valence-electron chi connectivity index (χ4n) is 3.05. The molecule has 2 amide bonds. The van der Waals surface area contributed by atoms with Crippen molar-refractivity contribution in [1.82, 2.24) is 0 Å². The van der Waals surface area contributed by atoms with E-state index in [2.05, 4.69) is 18.7 Å². The fraction of sp³-hybridized carbons (Fsp3) is 0.263. The third-order valence-electron chi connectivity index (χ3n) is 4.27. The predicted molar refractivity (Wildman–Crippen MR) is 92.3 cm³/mol. The van der Waals surface area contributed by atoms with Gasteiger partial charge in [0.15, 0.2) is 0 Å². The summed E-state index contributed by atoms with van der Waals surface area (Å²) in [6.07, 6.45) is 0. The molecule has 118 valence electrons. The number of hydrogen-bond acceptors (Lipinski definition) is 3. The maximum Gasteiger partial charge on any atom is 0.266 e. The molecule has 4 nitrogen and oxygen atoms in total. The largest absolute Gasteiger partial charge is 0.370 e. The zero-order valence-electron chi connectivity index (χ0n) is 13.7. The van der Waals surface area contributed by atoms with Crippen LogP contribution in [0.2, 0.25) is 0 Å². The molecule has 0 fully saturated rings. The molecule has 0 N–H and O–H groups in total. The average molecular weight is 308 g/mol. The zero-order valence-corrected chi connectivity index (χ0v) is 13.7. The number of anilines is 2. The van der Waals surface area contributed by atoms with E-state index in [-0.39, 0.29) is 11.8 Å². The van der Waals surface area contributed by atoms with Gasteiger partial charge in [0.2, 0.25) is 0 Å². The van der Waals surface area contributed by atoms with Crippen LogP contribution in [0.15, 0.2) is 42.5 Å². The Morgan fingerprint density at radius 2 is 1.48 bits per heavy atom. The highest BCUT2D eigenvalue weighted by atomic mass is 16.2. The lowest BCUT2D eigenvalue weighted by molar-refractivity contribution is 0.0926. The minimum absolute atomic E-state index is 0.246. The van der Waals surface area contributed by atoms with Gasteiger partial charge >= 0.3 is 0 Å². The Kier molecular flexibility index (Phi) is 3.90. The van der Waals surface area contributed by atoms with Gasteiger partial charge in [-0.05, 0) is 50.6 Å². The summed E-state index contributed by atoms with van der Waals surface area (Å²) in [4.78, 5) is 29.0. The van der Waals surface area contributed by atoms with Crippen molar-refractivity contribution in [2.45, 2.75) is 20.8 Å². The molecule has 0 bridgehead atoms. The topological polar surface area (TPSA) is 40.6 Å². The smallest absolute Gasteiger partial charge is 0.266 e. The van der Waals surface area contributed by atoms with E-state index in [0.29, 0.717) is 16.8 Å². The maximum absolute atomic E-state index is 12.8. The summed E-state index contributed by atoms with van der Waals surface area (Å²) in [5.74, 6) is -0.491. The van der Waals surface area contributed by atoms with Crippen molar-refractivity contribution in [2.75, 3.05) is 22.9 Å². The number of nitrogens with zero attached hydrogens (tertiary/aromatic N) is 2. The van der Waals surface area contributed by atoms with Crippen molar-refractivity contribution in [1.29, 1.82) is 0 Å². The van der Waals surface area contributed by atoms with Crippen LogP contribution < -0.4 is 9.80 Å². The van der Waals surface area contributed by atoms with E-state index >= 15 is 0 Å². The fourth-order valence-corrected chi connectivity index (χ4v) is 3.05. The van der Waals surface area contributed by atoms with Gasteiger partial charge in [-0.1, -0.05) is 18.2 Å². The highest BCUT2D eigenvalue weighted by Crippen LogP contribution is 2.36. The first-order chi connectivity index (χ1) is 11.1. The van der Waals surface area contributed by atoms with Gasteiger partial charge in [0.1, 0.15) is 0 Å². The van der Waals surface area contributed by atoms with E-state index in [1.807, 2.05) is 25.1 Å². The Morgan fingerprint density at radius 3 is 2.00 bits per heavy atom. The number of hydrogen-bond donors (Lipinski definition) is 0. The molecule has 0 atom stereocenters. The van der Waals surface area contributed by atoms with Crippen molar-refractivity contribution >= 4 is 23.2 Å². The molecule has 1 heterocycles. The maximum atomic E-state index is 12.8. The highest BCUT2D eigenvalue weighted by molar-refractivity contribution is 6.35. The SMILES string of the molecule is CCN(CC)c1ccc(C)cc1N1C(=O)c2ccccc2C1=O. The van der Waals surface area contributed by atoms with Crippen LogP contribution in [0.5, 0.6) is 0 Å². The van der Waals surface area contributed by atoms with Crippen LogP contribution in [0.1, 0.15) is 40.1 Å². The molecule has 23 heavy (non-hydrogen) atoms. The summed E-state index contributed by atoms with van der Waals surface area (Å²) in [5, 5.41) is 0. The van der Waals surface area contributed by atoms with Crippen molar-refractivity contribution in [2.24, 2.45) is 0 Å². The first-order valence-corrected chi connectivity index (χ1v) is 7.91. The molecular formula is C19H20N2O2. The van der Waals surface area contributed by atoms with E-state index in [0.717, 1.165) is 24.3 Å². The van der Waals surface area contributed by atoms with Gasteiger partial charge in [0, 0.05) is 13.1 Å². The molecule has 0 aromatic heterocycles. The summed E-state index contributed by atoms with van der Waals surface area (Å²) < 4.78 is 0. The molecule has 1 aliphatic heterocycles. The van der Waals surface area contributed by atoms with Crippen molar-refractivity contribution in [3.8, 4) is 0 Å². The number of rotatable bonds is 4. The van der Waals surface area contributed by atoms with Crippen LogP contribution in [0.4, 0.5) is 11.4 Å². The second-order valence-corrected chi connectivity index (χ2v) is 5.66. The molecule has 2 aromatic carbocycles. The minimum Gasteiger partial charge on any atom is -0.370 e. The normalized spacial score (nSPS) is 13.4. The molecular weight excluding hydrogens is 288 g/mol. The van der Waals surface area contributed by atoms with Gasteiger partial charge in [-0.2, -0.15) is 0 Å². The monoisotopic (exact) mass is 308 g/mol. The van der Waals surface area contributed by atoms with Crippen LogP contribution in [-0.4, -0.2) is 24.9 Å². The summed E-state index contributed by atoms with van der Waals surface area (Å²) in [6, 6.07) is 12.9. The summed E-state index contributed by atoms with van der Waals surface area (Å²) in [6.45, 7) is 7.73. The summed E-state index contributed by atoms with van der Waals surface area (Å²) in [5.41, 5.74) is 3.55. The highest BCUT2D eigenvalue weighted by Gasteiger charge is 2.37. The Balaban J connectivity index is 2.15. The Hall–Kier alpha value is -2.62. The standard InChI is InChI=1S/C19H20N2O2/c1-4-20(5-2)16-11-10-13(3)12-17(16)21-18(22)14-8-6-7-9-15(14)19(21)23/h6-12H,4-5H2,1-3H3. The second kappa shape index (κ2) is 5.88. The van der Waals surface area contributed by atoms with Gasteiger partial charge in [-0.15, -0.1) is 0 Å². The lowest BCUT2D eigenvalue weighted by Crippen LogP contribution is -2.32. The number of benzene rings is 2. The quantitative estimate of drug-likeness (QED) is 0.810. The molecule has 0 saturated heterocycles. The van der Waals surface area contributed by atoms with E-state index in [4.69, 9.17) is 0 Å². The molecule has 0 aliphatic carbocycles. The number of imide groups is 1. The molecule has 4 heteroatoms. The van der Waals surface area contributed by atoms with Crippen LogP contribution >= 0.6 is 0 Å². The average Bonchev–Trinajstić information content (AvgIpc) is 2.82. The van der Waals surface area contributed by atoms with Gasteiger partial charge in [0.25, 0.3) is 11.8 Å². The Labute approximate surface area is 136 Å². The summed E-state index contributed by atoms with van der Waals surface area (Å²) in [7, 11) is 0. The lowest BCUT2D eigenvalue weighted by Gasteiger charge is -2.27. The summed E-state index contributed by atoms with van der Waals surface area (Å²) >= 11 is 0. The molecule has 2 aromatic rings. The number of amides is 2. The number of carbonyl (C=O) groups excluding carboxylic acids is 2. The van der Waals surface area contributed by atoms with E-state index < -0.39 is 0 Å². The van der Waals surface area contributed by atoms with E-state index in [1.54, 1.807) is 24.3 Å². The minimum atomic E-state index is -0.246. The van der Waals surface area contributed by atoms with Gasteiger partial charge in [-0.25, -0.2) is 4.90 Å². The molecule has 0 unspecified atom stereocenters. The lowest BCUT2D eigenvalue weighted by atomic mass is 10.1. The van der Waals surface area contributed by atoms with Crippen LogP contribution in [0, 0.1) is 6.92 Å². The predicted octanol–water partition coefficient (Wildman–Crippen LogP) is 3.64. The van der Waals surface area contributed by atoms with Crippen molar-refractivity contribution < 1.29 is 9.59 Å². The first kappa shape index (κ1) is 15.3. The van der Waals surface area contributed by atoms with Crippen LogP contribution in [0.25, 0.3) is 0 Å². The first-order valence-electron chi connectivity index (χ1n) is 7.91. The molecule has 0 spiro atoms. The van der Waals surface area contributed by atoms with Gasteiger partial charge in [0.05, 0.1) is 22.5 Å². The van der Waals surface area contributed by atoms with Crippen molar-refractivity contribution in [3.63, 3.8) is 0 Å². The van der Waals surface area contributed by atoms with Crippen LogP contribution in [-0.2, 0) is 0 Å².